The van der Waals surface area contributed by atoms with Crippen LogP contribution in [-0.4, -0.2) is 19.1 Å². The van der Waals surface area contributed by atoms with Crippen LogP contribution in [0.5, 0.6) is 0 Å². The molecule has 25 heavy (non-hydrogen) atoms. The number of hydrogen-bond acceptors (Lipinski definition) is 3. The number of aromatic nitrogens is 4. The molecule has 0 saturated heterocycles. The number of benzene rings is 2. The number of nitrogens with zero attached hydrogens (tertiary/aromatic N) is 4. The molecule has 4 aromatic rings. The van der Waals surface area contributed by atoms with Gasteiger partial charge in [0.1, 0.15) is 5.82 Å². The fraction of sp³-hybridized carbons (Fsp3) is 0.250. The lowest BCUT2D eigenvalue weighted by Gasteiger charge is -2.06. The van der Waals surface area contributed by atoms with Crippen LogP contribution in [0.4, 0.5) is 0 Å². The molecule has 5 heteroatoms. The van der Waals surface area contributed by atoms with Crippen LogP contribution in [0, 0.1) is 6.92 Å². The van der Waals surface area contributed by atoms with E-state index in [0.29, 0.717) is 18.4 Å². The minimum absolute atomic E-state index is 0.0399. The van der Waals surface area contributed by atoms with Crippen molar-refractivity contribution in [1.29, 1.82) is 0 Å². The minimum atomic E-state index is 0.0399. The van der Waals surface area contributed by atoms with Gasteiger partial charge in [0, 0.05) is 17.1 Å². The number of fused-ring (bicyclic) bond motifs is 2. The van der Waals surface area contributed by atoms with Gasteiger partial charge in [0.25, 0.3) is 0 Å². The van der Waals surface area contributed by atoms with E-state index >= 15 is 0 Å². The minimum Gasteiger partial charge on any atom is -0.289 e. The van der Waals surface area contributed by atoms with Gasteiger partial charge in [-0.2, -0.15) is 0 Å². The normalized spacial score (nSPS) is 14.4. The second-order valence-electron chi connectivity index (χ2n) is 6.70. The van der Waals surface area contributed by atoms with Crippen molar-refractivity contribution in [2.75, 3.05) is 0 Å². The van der Waals surface area contributed by atoms with Gasteiger partial charge in [-0.25, -0.2) is 14.8 Å². The van der Waals surface area contributed by atoms with E-state index in [0.717, 1.165) is 40.5 Å². The Morgan fingerprint density at radius 2 is 1.72 bits per heavy atom. The number of para-hydroxylation sites is 3. The molecular weight excluding hydrogens is 312 g/mol. The third-order valence-corrected chi connectivity index (χ3v) is 4.92. The van der Waals surface area contributed by atoms with Crippen LogP contribution < -0.4 is 5.69 Å². The molecule has 1 aliphatic rings. The van der Waals surface area contributed by atoms with Gasteiger partial charge in [0.2, 0.25) is 0 Å². The lowest BCUT2D eigenvalue weighted by atomic mass is 10.2. The summed E-state index contributed by atoms with van der Waals surface area (Å²) in [5.74, 6) is 0.678. The highest BCUT2D eigenvalue weighted by Gasteiger charge is 2.28. The summed E-state index contributed by atoms with van der Waals surface area (Å²) in [6.07, 6.45) is 2.17. The van der Waals surface area contributed by atoms with Crippen LogP contribution in [-0.2, 0) is 6.54 Å². The van der Waals surface area contributed by atoms with Crippen molar-refractivity contribution >= 4 is 21.9 Å². The Morgan fingerprint density at radius 1 is 1.00 bits per heavy atom. The molecule has 0 bridgehead atoms. The van der Waals surface area contributed by atoms with Crippen LogP contribution in [0.1, 0.15) is 30.4 Å². The fourth-order valence-electron chi connectivity index (χ4n) is 3.58. The van der Waals surface area contributed by atoms with Gasteiger partial charge in [-0.05, 0) is 38.0 Å². The Kier molecular flexibility index (Phi) is 3.04. The van der Waals surface area contributed by atoms with E-state index < -0.39 is 0 Å². The van der Waals surface area contributed by atoms with Crippen molar-refractivity contribution in [2.24, 2.45) is 0 Å². The highest BCUT2D eigenvalue weighted by molar-refractivity contribution is 5.80. The Morgan fingerprint density at radius 3 is 2.52 bits per heavy atom. The van der Waals surface area contributed by atoms with Gasteiger partial charge in [-0.1, -0.05) is 30.3 Å². The largest absolute Gasteiger partial charge is 0.329 e. The highest BCUT2D eigenvalue weighted by Crippen LogP contribution is 2.36. The molecule has 1 fully saturated rings. The van der Waals surface area contributed by atoms with Crippen molar-refractivity contribution in [2.45, 2.75) is 32.4 Å². The average molecular weight is 330 g/mol. The summed E-state index contributed by atoms with van der Waals surface area (Å²) in [6.45, 7) is 2.38. The molecule has 0 unspecified atom stereocenters. The predicted molar refractivity (Wildman–Crippen MR) is 97.8 cm³/mol. The Bertz CT molecular complexity index is 1170. The smallest absolute Gasteiger partial charge is 0.289 e. The molecule has 2 aromatic heterocycles. The summed E-state index contributed by atoms with van der Waals surface area (Å²) in [7, 11) is 0. The molecule has 2 heterocycles. The van der Waals surface area contributed by atoms with Gasteiger partial charge in [0.05, 0.1) is 23.1 Å². The lowest BCUT2D eigenvalue weighted by molar-refractivity contribution is 0.658. The zero-order chi connectivity index (χ0) is 17.0. The molecule has 5 nitrogen and oxygen atoms in total. The monoisotopic (exact) mass is 330 g/mol. The summed E-state index contributed by atoms with van der Waals surface area (Å²) < 4.78 is 3.74. The second-order valence-corrected chi connectivity index (χ2v) is 6.70. The predicted octanol–water partition coefficient (Wildman–Crippen LogP) is 3.44. The summed E-state index contributed by atoms with van der Waals surface area (Å²) in [4.78, 5) is 22.3. The topological polar surface area (TPSA) is 52.7 Å². The van der Waals surface area contributed by atoms with Crippen LogP contribution in [0.25, 0.3) is 21.9 Å². The maximum atomic E-state index is 13.0. The molecule has 0 spiro atoms. The molecule has 5 rings (SSSR count). The second kappa shape index (κ2) is 5.28. The third-order valence-electron chi connectivity index (χ3n) is 4.92. The number of rotatable bonds is 3. The number of hydrogen-bond donors (Lipinski definition) is 0. The number of imidazole rings is 1. The first-order chi connectivity index (χ1) is 12.2. The molecular formula is C20H18N4O. The van der Waals surface area contributed by atoms with Crippen molar-refractivity contribution in [3.63, 3.8) is 0 Å². The summed E-state index contributed by atoms with van der Waals surface area (Å²) in [5, 5.41) is 1.05. The SMILES string of the molecule is Cc1nc(Cn2c(=O)n(C3CC3)c3ccccc32)nc2ccccc12. The Balaban J connectivity index is 1.68. The van der Waals surface area contributed by atoms with E-state index in [-0.39, 0.29) is 5.69 Å². The molecule has 0 amide bonds. The third kappa shape index (κ3) is 2.27. The van der Waals surface area contributed by atoms with E-state index in [1.165, 1.54) is 0 Å². The Labute approximate surface area is 144 Å². The molecule has 0 aliphatic heterocycles. The number of aryl methyl sites for hydroxylation is 1. The Hall–Kier alpha value is -2.95. The van der Waals surface area contributed by atoms with Crippen LogP contribution in [0.15, 0.2) is 53.3 Å². The molecule has 2 aromatic carbocycles. The molecule has 1 saturated carbocycles. The van der Waals surface area contributed by atoms with E-state index in [1.54, 1.807) is 4.57 Å². The molecule has 0 radical (unpaired) electrons. The van der Waals surface area contributed by atoms with E-state index in [1.807, 2.05) is 60.0 Å². The van der Waals surface area contributed by atoms with E-state index in [9.17, 15) is 4.79 Å². The summed E-state index contributed by atoms with van der Waals surface area (Å²) >= 11 is 0. The molecule has 124 valence electrons. The maximum Gasteiger partial charge on any atom is 0.329 e. The van der Waals surface area contributed by atoms with Crippen molar-refractivity contribution in [3.8, 4) is 0 Å². The molecule has 0 N–H and O–H groups in total. The van der Waals surface area contributed by atoms with E-state index in [2.05, 4.69) is 9.97 Å². The summed E-state index contributed by atoms with van der Waals surface area (Å²) in [5.41, 5.74) is 3.86. The zero-order valence-corrected chi connectivity index (χ0v) is 14.0. The summed E-state index contributed by atoms with van der Waals surface area (Å²) in [6, 6.07) is 16.3. The lowest BCUT2D eigenvalue weighted by Crippen LogP contribution is -2.25. The zero-order valence-electron chi connectivity index (χ0n) is 14.0. The standard InChI is InChI=1S/C20H18N4O/c1-13-15-6-2-3-7-16(15)22-19(21-13)12-23-17-8-4-5-9-18(17)24(20(23)25)14-10-11-14/h2-9,14H,10-12H2,1H3. The quantitative estimate of drug-likeness (QED) is 0.578. The van der Waals surface area contributed by atoms with Gasteiger partial charge in [-0.3, -0.25) is 9.13 Å². The van der Waals surface area contributed by atoms with Crippen molar-refractivity contribution < 1.29 is 0 Å². The van der Waals surface area contributed by atoms with Crippen molar-refractivity contribution in [3.05, 3.63) is 70.5 Å². The van der Waals surface area contributed by atoms with Gasteiger partial charge >= 0.3 is 5.69 Å². The maximum absolute atomic E-state index is 13.0. The molecule has 1 aliphatic carbocycles. The molecule has 0 atom stereocenters. The van der Waals surface area contributed by atoms with Gasteiger partial charge in [-0.15, -0.1) is 0 Å². The first kappa shape index (κ1) is 14.4. The highest BCUT2D eigenvalue weighted by atomic mass is 16.1. The van der Waals surface area contributed by atoms with E-state index in [4.69, 9.17) is 0 Å². The first-order valence-corrected chi connectivity index (χ1v) is 8.64. The van der Waals surface area contributed by atoms with Gasteiger partial charge < -0.3 is 0 Å². The van der Waals surface area contributed by atoms with Crippen LogP contribution in [0.3, 0.4) is 0 Å². The first-order valence-electron chi connectivity index (χ1n) is 8.64. The van der Waals surface area contributed by atoms with Crippen molar-refractivity contribution in [1.82, 2.24) is 19.1 Å². The fourth-order valence-corrected chi connectivity index (χ4v) is 3.58. The van der Waals surface area contributed by atoms with Gasteiger partial charge in [0.15, 0.2) is 0 Å². The van der Waals surface area contributed by atoms with Crippen LogP contribution >= 0.6 is 0 Å². The average Bonchev–Trinajstić information content (AvgIpc) is 3.41. The van der Waals surface area contributed by atoms with Crippen LogP contribution in [0.2, 0.25) is 0 Å².